The molecule has 198 valence electrons. The second kappa shape index (κ2) is 9.17. The van der Waals surface area contributed by atoms with Crippen LogP contribution in [0.25, 0.3) is 21.7 Å². The Balaban J connectivity index is 1.39. The highest BCUT2D eigenvalue weighted by Crippen LogP contribution is 2.51. The molecule has 3 N–H and O–H groups in total. The van der Waals surface area contributed by atoms with Gasteiger partial charge in [0.2, 0.25) is 11.8 Å². The van der Waals surface area contributed by atoms with Crippen LogP contribution < -0.4 is 5.32 Å². The number of aromatic amines is 1. The number of amides is 2. The highest BCUT2D eigenvalue weighted by Gasteiger charge is 2.68. The Morgan fingerprint density at radius 3 is 2.33 bits per heavy atom. The zero-order valence-electron chi connectivity index (χ0n) is 21.6. The van der Waals surface area contributed by atoms with Crippen molar-refractivity contribution in [3.05, 3.63) is 120 Å². The molecule has 0 aliphatic carbocycles. The molecule has 1 aromatic heterocycles. The number of likely N-dealkylation sites (tertiary alicyclic amines) is 1. The van der Waals surface area contributed by atoms with Crippen molar-refractivity contribution in [3.8, 4) is 0 Å². The molecule has 4 unspecified atom stereocenters. The Labute approximate surface area is 230 Å². The highest BCUT2D eigenvalue weighted by molar-refractivity contribution is 6.10. The molecule has 0 spiro atoms. The number of para-hydroxylation sites is 1. The number of carbonyl (C=O) groups excluding carboxylic acids is 2. The Morgan fingerprint density at radius 1 is 0.825 bits per heavy atom. The van der Waals surface area contributed by atoms with E-state index >= 15 is 0 Å². The molecule has 7 rings (SSSR count). The van der Waals surface area contributed by atoms with Gasteiger partial charge < -0.3 is 10.1 Å². The standard InChI is InChI=1S/C33H27N3O4/c37-30-27-28(31(38)36(30)19-20-9-2-1-3-10-20)33(32(39)40,17-22-18-34-26-16-7-6-14-24(22)26)35-29(27)25-15-8-12-21-11-4-5-13-23(21)25/h1-16,18,27-29,34-35H,17,19H2,(H,39,40). The molecule has 5 aromatic rings. The molecule has 2 saturated heterocycles. The van der Waals surface area contributed by atoms with Gasteiger partial charge in [-0.25, -0.2) is 0 Å². The number of fused-ring (bicyclic) bond motifs is 3. The number of benzene rings is 4. The zero-order chi connectivity index (χ0) is 27.4. The van der Waals surface area contributed by atoms with Crippen LogP contribution in [-0.4, -0.2) is 38.3 Å². The molecule has 7 nitrogen and oxygen atoms in total. The van der Waals surface area contributed by atoms with E-state index in [0.29, 0.717) is 0 Å². The van der Waals surface area contributed by atoms with Crippen molar-refractivity contribution in [2.45, 2.75) is 24.5 Å². The monoisotopic (exact) mass is 529 g/mol. The minimum Gasteiger partial charge on any atom is -0.480 e. The molecule has 40 heavy (non-hydrogen) atoms. The molecule has 2 aliphatic heterocycles. The molecule has 0 saturated carbocycles. The van der Waals surface area contributed by atoms with Crippen LogP contribution in [0, 0.1) is 11.8 Å². The summed E-state index contributed by atoms with van der Waals surface area (Å²) in [5.41, 5.74) is 1.62. The minimum absolute atomic E-state index is 0.0486. The summed E-state index contributed by atoms with van der Waals surface area (Å²) in [5, 5.41) is 17.1. The second-order valence-corrected chi connectivity index (χ2v) is 10.8. The van der Waals surface area contributed by atoms with Gasteiger partial charge in [-0.2, -0.15) is 0 Å². The van der Waals surface area contributed by atoms with Gasteiger partial charge in [-0.3, -0.25) is 24.6 Å². The fourth-order valence-electron chi connectivity index (χ4n) is 6.79. The first-order valence-corrected chi connectivity index (χ1v) is 13.4. The molecule has 7 heteroatoms. The van der Waals surface area contributed by atoms with Gasteiger partial charge in [-0.1, -0.05) is 91.0 Å². The molecule has 2 amide bonds. The number of aliphatic carboxylic acids is 1. The molecule has 0 bridgehead atoms. The van der Waals surface area contributed by atoms with Gasteiger partial charge in [-0.15, -0.1) is 0 Å². The molecular weight excluding hydrogens is 502 g/mol. The maximum atomic E-state index is 14.1. The van der Waals surface area contributed by atoms with E-state index in [9.17, 15) is 19.5 Å². The van der Waals surface area contributed by atoms with E-state index in [1.54, 1.807) is 6.20 Å². The Kier molecular flexibility index (Phi) is 5.57. The van der Waals surface area contributed by atoms with Crippen LogP contribution in [0.4, 0.5) is 0 Å². The summed E-state index contributed by atoms with van der Waals surface area (Å²) in [6.07, 6.45) is 1.85. The molecule has 0 radical (unpaired) electrons. The topological polar surface area (TPSA) is 102 Å². The van der Waals surface area contributed by atoms with E-state index in [2.05, 4.69) is 10.3 Å². The van der Waals surface area contributed by atoms with Gasteiger partial charge in [0.25, 0.3) is 0 Å². The van der Waals surface area contributed by atoms with Gasteiger partial charge in [0.05, 0.1) is 18.4 Å². The number of carboxylic acids is 1. The van der Waals surface area contributed by atoms with Crippen molar-refractivity contribution in [1.29, 1.82) is 0 Å². The number of carbonyl (C=O) groups is 3. The van der Waals surface area contributed by atoms with E-state index in [-0.39, 0.29) is 18.9 Å². The van der Waals surface area contributed by atoms with Crippen LogP contribution in [-0.2, 0) is 27.3 Å². The third-order valence-corrected chi connectivity index (χ3v) is 8.61. The molecule has 4 aromatic carbocycles. The lowest BCUT2D eigenvalue weighted by molar-refractivity contribution is -0.151. The fourth-order valence-corrected chi connectivity index (χ4v) is 6.79. The van der Waals surface area contributed by atoms with Crippen molar-refractivity contribution in [2.75, 3.05) is 0 Å². The largest absolute Gasteiger partial charge is 0.480 e. The van der Waals surface area contributed by atoms with Gasteiger partial charge in [0, 0.05) is 29.6 Å². The summed E-state index contributed by atoms with van der Waals surface area (Å²) in [4.78, 5) is 46.1. The maximum Gasteiger partial charge on any atom is 0.325 e. The lowest BCUT2D eigenvalue weighted by atomic mass is 9.76. The molecule has 3 heterocycles. The SMILES string of the molecule is O=C1C2C(c3cccc4ccccc34)NC(Cc3c[nH]c4ccccc34)(C(=O)O)C2C(=O)N1Cc1ccccc1. The number of nitrogens with zero attached hydrogens (tertiary/aromatic N) is 1. The fraction of sp³-hybridized carbons (Fsp3) is 0.182. The minimum atomic E-state index is -1.69. The predicted molar refractivity (Wildman–Crippen MR) is 151 cm³/mol. The number of hydrogen-bond acceptors (Lipinski definition) is 4. The molecule has 4 atom stereocenters. The number of aromatic nitrogens is 1. The Bertz CT molecular complexity index is 1790. The molecule has 2 aliphatic rings. The number of carboxylic acid groups (broad SMARTS) is 1. The first kappa shape index (κ1) is 24.3. The maximum absolute atomic E-state index is 14.1. The Morgan fingerprint density at radius 2 is 1.52 bits per heavy atom. The van der Waals surface area contributed by atoms with Crippen molar-refractivity contribution < 1.29 is 19.5 Å². The van der Waals surface area contributed by atoms with Crippen molar-refractivity contribution in [3.63, 3.8) is 0 Å². The van der Waals surface area contributed by atoms with Gasteiger partial charge in [-0.05, 0) is 33.5 Å². The Hall–Kier alpha value is -4.75. The first-order chi connectivity index (χ1) is 19.5. The lowest BCUT2D eigenvalue weighted by Crippen LogP contribution is -2.57. The van der Waals surface area contributed by atoms with Gasteiger partial charge >= 0.3 is 5.97 Å². The van der Waals surface area contributed by atoms with Crippen molar-refractivity contribution in [2.24, 2.45) is 11.8 Å². The van der Waals surface area contributed by atoms with E-state index in [0.717, 1.165) is 38.4 Å². The third-order valence-electron chi connectivity index (χ3n) is 8.61. The smallest absolute Gasteiger partial charge is 0.325 e. The van der Waals surface area contributed by atoms with Crippen LogP contribution in [0.1, 0.15) is 22.7 Å². The number of H-pyrrole nitrogens is 1. The molecular formula is C33H27N3O4. The van der Waals surface area contributed by atoms with Crippen molar-refractivity contribution in [1.82, 2.24) is 15.2 Å². The number of nitrogens with one attached hydrogen (secondary N) is 2. The molecule has 2 fully saturated rings. The average molecular weight is 530 g/mol. The summed E-state index contributed by atoms with van der Waals surface area (Å²) < 4.78 is 0. The van der Waals surface area contributed by atoms with E-state index in [1.165, 1.54) is 4.90 Å². The number of rotatable bonds is 6. The first-order valence-electron chi connectivity index (χ1n) is 13.4. The summed E-state index contributed by atoms with van der Waals surface area (Å²) in [6, 6.07) is 30.0. The average Bonchev–Trinajstić information content (AvgIpc) is 3.62. The van der Waals surface area contributed by atoms with Gasteiger partial charge in [0.15, 0.2) is 0 Å². The van der Waals surface area contributed by atoms with Crippen LogP contribution in [0.5, 0.6) is 0 Å². The second-order valence-electron chi connectivity index (χ2n) is 10.8. The predicted octanol–water partition coefficient (Wildman–Crippen LogP) is 4.83. The van der Waals surface area contributed by atoms with E-state index < -0.39 is 35.3 Å². The van der Waals surface area contributed by atoms with E-state index in [1.807, 2.05) is 97.1 Å². The normalized spacial score (nSPS) is 24.2. The summed E-state index contributed by atoms with van der Waals surface area (Å²) in [7, 11) is 0. The quantitative estimate of drug-likeness (QED) is 0.274. The van der Waals surface area contributed by atoms with Crippen LogP contribution in [0.15, 0.2) is 103 Å². The van der Waals surface area contributed by atoms with Crippen LogP contribution in [0.3, 0.4) is 0 Å². The van der Waals surface area contributed by atoms with Gasteiger partial charge in [0.1, 0.15) is 5.54 Å². The van der Waals surface area contributed by atoms with Crippen LogP contribution in [0.2, 0.25) is 0 Å². The number of imide groups is 1. The zero-order valence-corrected chi connectivity index (χ0v) is 21.6. The summed E-state index contributed by atoms with van der Waals surface area (Å²) >= 11 is 0. The van der Waals surface area contributed by atoms with Crippen molar-refractivity contribution >= 4 is 39.5 Å². The lowest BCUT2D eigenvalue weighted by Gasteiger charge is -2.31. The highest BCUT2D eigenvalue weighted by atomic mass is 16.4. The summed E-state index contributed by atoms with van der Waals surface area (Å²) in [6.45, 7) is 0.108. The van der Waals surface area contributed by atoms with Crippen LogP contribution >= 0.6 is 0 Å². The number of hydrogen-bond donors (Lipinski definition) is 3. The third kappa shape index (κ3) is 3.58. The van der Waals surface area contributed by atoms with E-state index in [4.69, 9.17) is 0 Å². The summed E-state index contributed by atoms with van der Waals surface area (Å²) in [5.74, 6) is -3.86.